The van der Waals surface area contributed by atoms with Gasteiger partial charge in [0.25, 0.3) is 0 Å². The van der Waals surface area contributed by atoms with Gasteiger partial charge in [0.05, 0.1) is 32.5 Å². The van der Waals surface area contributed by atoms with Gasteiger partial charge in [0.15, 0.2) is 8.32 Å². The molecule has 1 aromatic rings. The highest BCUT2D eigenvalue weighted by Crippen LogP contribution is 2.39. The molecule has 0 aliphatic heterocycles. The number of rotatable bonds is 18. The Morgan fingerprint density at radius 2 is 1.64 bits per heavy atom. The molecule has 0 radical (unpaired) electrons. The van der Waals surface area contributed by atoms with Crippen molar-refractivity contribution in [1.82, 2.24) is 0 Å². The molecule has 0 spiro atoms. The summed E-state index contributed by atoms with van der Waals surface area (Å²) in [6.45, 7) is 28.5. The van der Waals surface area contributed by atoms with E-state index in [-0.39, 0.29) is 40.6 Å². The molecule has 0 saturated heterocycles. The first-order chi connectivity index (χ1) is 19.4. The summed E-state index contributed by atoms with van der Waals surface area (Å²) in [6, 6.07) is 7.97. The molecule has 1 aromatic carbocycles. The van der Waals surface area contributed by atoms with Gasteiger partial charge in [0.1, 0.15) is 11.5 Å². The van der Waals surface area contributed by atoms with Crippen LogP contribution in [0.5, 0.6) is 5.75 Å². The zero-order valence-corrected chi connectivity index (χ0v) is 29.6. The molecule has 0 saturated carbocycles. The molecule has 0 aliphatic rings. The van der Waals surface area contributed by atoms with Crippen LogP contribution in [0.4, 0.5) is 0 Å². The Kier molecular flexibility index (Phi) is 15.7. The average molecular weight is 601 g/mol. The maximum atomic E-state index is 13.2. The number of aliphatic hydroxyl groups excluding tert-OH is 1. The Balaban J connectivity index is 3.00. The highest BCUT2D eigenvalue weighted by molar-refractivity contribution is 6.74. The van der Waals surface area contributed by atoms with E-state index in [1.165, 1.54) is 5.57 Å². The highest BCUT2D eigenvalue weighted by atomic mass is 28.4. The minimum Gasteiger partial charge on any atom is -0.497 e. The first-order valence-electron chi connectivity index (χ1n) is 15.5. The van der Waals surface area contributed by atoms with Crippen LogP contribution in [0.2, 0.25) is 18.1 Å². The fourth-order valence-electron chi connectivity index (χ4n) is 5.07. The molecule has 5 nitrogen and oxygen atoms in total. The van der Waals surface area contributed by atoms with Gasteiger partial charge in [-0.3, -0.25) is 4.79 Å². The lowest BCUT2D eigenvalue weighted by atomic mass is 9.83. The van der Waals surface area contributed by atoms with E-state index >= 15 is 0 Å². The molecule has 1 rings (SSSR count). The second kappa shape index (κ2) is 17.3. The van der Waals surface area contributed by atoms with Crippen LogP contribution in [-0.2, 0) is 20.6 Å². The predicted octanol–water partition coefficient (Wildman–Crippen LogP) is 8.79. The molecule has 0 aliphatic carbocycles. The molecule has 0 fully saturated rings. The van der Waals surface area contributed by atoms with Crippen molar-refractivity contribution in [3.05, 3.63) is 66.3 Å². The largest absolute Gasteiger partial charge is 0.497 e. The standard InChI is InChI=1S/C36H60O5Si/c1-14-15-16-26(3)33(37)30(7)34(38)27(4)21-25(2)22-28(5)35(41-42(12,13)36(8,9)10)29(6)23-40-24-31-17-19-32(39-11)20-18-31/h14-20,22,26-30,33,35,37H,1,21,23-24H2,2-13H3/b16-15-,25-22-/t26-,27-,28-,29-,30+,33-,35+/m0/s1. The first-order valence-corrected chi connectivity index (χ1v) is 18.4. The van der Waals surface area contributed by atoms with Gasteiger partial charge in [-0.05, 0) is 55.1 Å². The van der Waals surface area contributed by atoms with E-state index < -0.39 is 20.3 Å². The third-order valence-corrected chi connectivity index (χ3v) is 13.3. The Bertz CT molecular complexity index is 1020. The summed E-state index contributed by atoms with van der Waals surface area (Å²) in [5.74, 6) is 0.515. The van der Waals surface area contributed by atoms with Crippen LogP contribution in [0.1, 0.15) is 74.3 Å². The van der Waals surface area contributed by atoms with Gasteiger partial charge < -0.3 is 19.0 Å². The van der Waals surface area contributed by atoms with Crippen LogP contribution in [0, 0.1) is 29.6 Å². The average Bonchev–Trinajstić information content (AvgIpc) is 2.92. The zero-order valence-electron chi connectivity index (χ0n) is 28.6. The lowest BCUT2D eigenvalue weighted by molar-refractivity contribution is -0.129. The van der Waals surface area contributed by atoms with Crippen LogP contribution in [0.15, 0.2) is 60.7 Å². The Hall–Kier alpha value is -1.99. The van der Waals surface area contributed by atoms with Gasteiger partial charge in [-0.2, -0.15) is 0 Å². The molecule has 6 heteroatoms. The number of ether oxygens (including phenoxy) is 2. The molecule has 42 heavy (non-hydrogen) atoms. The number of ketones is 1. The second-order valence-electron chi connectivity index (χ2n) is 13.8. The molecular weight excluding hydrogens is 540 g/mol. The number of Topliss-reactive ketones (excluding diaryl/α,β-unsaturated/α-hetero) is 1. The van der Waals surface area contributed by atoms with Crippen molar-refractivity contribution >= 4 is 14.1 Å². The van der Waals surface area contributed by atoms with E-state index in [4.69, 9.17) is 13.9 Å². The van der Waals surface area contributed by atoms with Crippen molar-refractivity contribution in [2.24, 2.45) is 29.6 Å². The molecule has 0 bridgehead atoms. The molecular formula is C36H60O5Si. The summed E-state index contributed by atoms with van der Waals surface area (Å²) in [5, 5.41) is 10.8. The molecule has 238 valence electrons. The van der Waals surface area contributed by atoms with E-state index in [0.29, 0.717) is 19.6 Å². The van der Waals surface area contributed by atoms with Crippen molar-refractivity contribution in [3.63, 3.8) is 0 Å². The van der Waals surface area contributed by atoms with E-state index in [2.05, 4.69) is 67.3 Å². The van der Waals surface area contributed by atoms with Gasteiger partial charge in [0, 0.05) is 23.7 Å². The normalized spacial score (nSPS) is 18.2. The van der Waals surface area contributed by atoms with Gasteiger partial charge in [-0.1, -0.05) is 104 Å². The van der Waals surface area contributed by atoms with Crippen molar-refractivity contribution in [3.8, 4) is 5.75 Å². The van der Waals surface area contributed by atoms with Crippen molar-refractivity contribution < 1.29 is 23.8 Å². The fraction of sp³-hybridized carbons (Fsp3) is 0.639. The first kappa shape index (κ1) is 38.0. The van der Waals surface area contributed by atoms with Crippen LogP contribution in [-0.4, -0.2) is 45.1 Å². The molecule has 7 atom stereocenters. The topological polar surface area (TPSA) is 65.0 Å². The van der Waals surface area contributed by atoms with E-state index in [0.717, 1.165) is 11.3 Å². The SMILES string of the molecule is C=C/C=C\[C@H](C)[C@H](O)[C@@H](C)C(=O)[C@@H](C)C/C(C)=C\[C@H](C)[C@@H](O[Si](C)(C)C(C)(C)C)[C@@H](C)COCc1ccc(OC)cc1. The van der Waals surface area contributed by atoms with E-state index in [1.807, 2.05) is 57.2 Å². The number of allylic oxidation sites excluding steroid dienone is 3. The van der Waals surface area contributed by atoms with Crippen LogP contribution in [0.3, 0.4) is 0 Å². The molecule has 0 aromatic heterocycles. The van der Waals surface area contributed by atoms with Crippen LogP contribution in [0.25, 0.3) is 0 Å². The predicted molar refractivity (Wildman–Crippen MR) is 179 cm³/mol. The third kappa shape index (κ3) is 11.9. The highest BCUT2D eigenvalue weighted by Gasteiger charge is 2.41. The number of carbonyl (C=O) groups is 1. The summed E-state index contributed by atoms with van der Waals surface area (Å²) in [6.07, 6.45) is 7.59. The summed E-state index contributed by atoms with van der Waals surface area (Å²) in [7, 11) is -0.380. The molecule has 0 amide bonds. The maximum absolute atomic E-state index is 13.2. The molecule has 0 unspecified atom stereocenters. The number of aliphatic hydroxyl groups is 1. The van der Waals surface area contributed by atoms with Gasteiger partial charge in [-0.15, -0.1) is 0 Å². The summed E-state index contributed by atoms with van der Waals surface area (Å²) < 4.78 is 18.5. The Morgan fingerprint density at radius 3 is 2.17 bits per heavy atom. The smallest absolute Gasteiger partial charge is 0.192 e. The monoisotopic (exact) mass is 600 g/mol. The Morgan fingerprint density at radius 1 is 1.05 bits per heavy atom. The van der Waals surface area contributed by atoms with Crippen LogP contribution < -0.4 is 4.74 Å². The minimum atomic E-state index is -2.05. The lowest BCUT2D eigenvalue weighted by Crippen LogP contribution is -2.47. The lowest BCUT2D eigenvalue weighted by Gasteiger charge is -2.42. The minimum absolute atomic E-state index is 0.0130. The van der Waals surface area contributed by atoms with E-state index in [9.17, 15) is 9.90 Å². The zero-order chi connectivity index (χ0) is 32.3. The van der Waals surface area contributed by atoms with E-state index in [1.54, 1.807) is 13.2 Å². The second-order valence-corrected chi connectivity index (χ2v) is 18.6. The fourth-order valence-corrected chi connectivity index (χ4v) is 6.55. The van der Waals surface area contributed by atoms with Gasteiger partial charge in [-0.25, -0.2) is 0 Å². The summed E-state index contributed by atoms with van der Waals surface area (Å²) >= 11 is 0. The van der Waals surface area contributed by atoms with Crippen molar-refractivity contribution in [2.75, 3.05) is 13.7 Å². The Labute approximate surface area is 258 Å². The number of methoxy groups -OCH3 is 1. The van der Waals surface area contributed by atoms with Crippen molar-refractivity contribution in [1.29, 1.82) is 0 Å². The number of benzene rings is 1. The van der Waals surface area contributed by atoms with Gasteiger partial charge in [0.2, 0.25) is 0 Å². The molecule has 0 heterocycles. The third-order valence-electron chi connectivity index (χ3n) is 8.84. The quantitative estimate of drug-likeness (QED) is 0.104. The summed E-state index contributed by atoms with van der Waals surface area (Å²) in [5.41, 5.74) is 2.28. The number of carbonyl (C=O) groups excluding carboxylic acids is 1. The number of hydrogen-bond donors (Lipinski definition) is 1. The summed E-state index contributed by atoms with van der Waals surface area (Å²) in [4.78, 5) is 13.2. The number of hydrogen-bond acceptors (Lipinski definition) is 5. The van der Waals surface area contributed by atoms with Crippen LogP contribution >= 0.6 is 0 Å². The maximum Gasteiger partial charge on any atom is 0.192 e. The van der Waals surface area contributed by atoms with Crippen molar-refractivity contribution in [2.45, 2.75) is 106 Å². The van der Waals surface area contributed by atoms with Gasteiger partial charge >= 0.3 is 0 Å². The molecule has 1 N–H and O–H groups in total.